The number of rotatable bonds is 11. The van der Waals surface area contributed by atoms with E-state index >= 15 is 0 Å². The molecule has 21 heavy (non-hydrogen) atoms. The van der Waals surface area contributed by atoms with E-state index < -0.39 is 0 Å². The van der Waals surface area contributed by atoms with Crippen LogP contribution in [-0.4, -0.2) is 45.3 Å². The van der Waals surface area contributed by atoms with Gasteiger partial charge in [-0.1, -0.05) is 19.3 Å². The van der Waals surface area contributed by atoms with Gasteiger partial charge in [-0.05, 0) is 19.8 Å². The summed E-state index contributed by atoms with van der Waals surface area (Å²) in [7, 11) is 3.08. The maximum Gasteiger partial charge on any atom is 0.305 e. The normalized spacial score (nSPS) is 12.4. The van der Waals surface area contributed by atoms with Crippen molar-refractivity contribution in [1.82, 2.24) is 5.32 Å². The molecule has 6 nitrogen and oxygen atoms in total. The number of carbonyl (C=O) groups is 1. The van der Waals surface area contributed by atoms with Gasteiger partial charge in [0.25, 0.3) is 0 Å². The van der Waals surface area contributed by atoms with Crippen molar-refractivity contribution < 1.29 is 14.3 Å². The first-order valence-corrected chi connectivity index (χ1v) is 7.22. The van der Waals surface area contributed by atoms with Crippen LogP contribution < -0.4 is 11.1 Å². The van der Waals surface area contributed by atoms with Crippen molar-refractivity contribution in [3.63, 3.8) is 0 Å². The summed E-state index contributed by atoms with van der Waals surface area (Å²) < 4.78 is 9.59. The Kier molecular flexibility index (Phi) is 17.1. The molecule has 0 heterocycles. The number of nitrogens with one attached hydrogen (secondary N) is 1. The van der Waals surface area contributed by atoms with E-state index in [0.29, 0.717) is 19.0 Å². The number of unbranched alkanes of at least 4 members (excludes halogenated alkanes) is 4. The number of hydrogen-bond donors (Lipinski definition) is 2. The molecule has 0 aliphatic rings. The smallest absolute Gasteiger partial charge is 0.305 e. The van der Waals surface area contributed by atoms with Crippen LogP contribution in [0.25, 0.3) is 0 Å². The molecule has 0 spiro atoms. The number of nitrogens with two attached hydrogens (primary N) is 1. The summed E-state index contributed by atoms with van der Waals surface area (Å²) in [6, 6.07) is 0.169. The number of methoxy groups -OCH3 is 2. The quantitative estimate of drug-likeness (QED) is 0.177. The lowest BCUT2D eigenvalue weighted by Crippen LogP contribution is -2.40. The van der Waals surface area contributed by atoms with Crippen molar-refractivity contribution >= 4 is 35.9 Å². The maximum atomic E-state index is 10.9. The third-order valence-corrected chi connectivity index (χ3v) is 2.86. The van der Waals surface area contributed by atoms with Crippen LogP contribution in [0.15, 0.2) is 4.99 Å². The van der Waals surface area contributed by atoms with Crippen LogP contribution >= 0.6 is 24.0 Å². The highest BCUT2D eigenvalue weighted by atomic mass is 127. The fraction of sp³-hybridized carbons (Fsp3) is 0.857. The van der Waals surface area contributed by atoms with Crippen LogP contribution in [0.5, 0.6) is 0 Å². The highest BCUT2D eigenvalue weighted by molar-refractivity contribution is 14.0. The number of halogens is 1. The van der Waals surface area contributed by atoms with Gasteiger partial charge < -0.3 is 20.5 Å². The van der Waals surface area contributed by atoms with Crippen molar-refractivity contribution in [2.45, 2.75) is 51.5 Å². The average Bonchev–Trinajstić information content (AvgIpc) is 2.41. The summed E-state index contributed by atoms with van der Waals surface area (Å²) in [5.74, 6) is 0.346. The molecule has 0 radical (unpaired) electrons. The molecule has 1 unspecified atom stereocenters. The van der Waals surface area contributed by atoms with Crippen LogP contribution in [0.1, 0.15) is 45.4 Å². The molecule has 0 aliphatic carbocycles. The fourth-order valence-corrected chi connectivity index (χ4v) is 1.80. The summed E-state index contributed by atoms with van der Waals surface area (Å²) >= 11 is 0. The van der Waals surface area contributed by atoms with E-state index in [1.165, 1.54) is 7.11 Å². The highest BCUT2D eigenvalue weighted by Crippen LogP contribution is 2.06. The van der Waals surface area contributed by atoms with E-state index in [4.69, 9.17) is 10.5 Å². The largest absolute Gasteiger partial charge is 0.469 e. The van der Waals surface area contributed by atoms with Gasteiger partial charge in [0.05, 0.1) is 13.7 Å². The summed E-state index contributed by atoms with van der Waals surface area (Å²) in [5.41, 5.74) is 5.75. The average molecular weight is 415 g/mol. The lowest BCUT2D eigenvalue weighted by Gasteiger charge is -2.12. The monoisotopic (exact) mass is 415 g/mol. The van der Waals surface area contributed by atoms with Crippen molar-refractivity contribution in [1.29, 1.82) is 0 Å². The molecule has 0 aliphatic heterocycles. The van der Waals surface area contributed by atoms with Crippen molar-refractivity contribution in [2.24, 2.45) is 10.7 Å². The molecule has 3 N–H and O–H groups in total. The van der Waals surface area contributed by atoms with Gasteiger partial charge in [-0.15, -0.1) is 24.0 Å². The molecule has 0 rings (SSSR count). The van der Waals surface area contributed by atoms with Crippen LogP contribution in [0, 0.1) is 0 Å². The number of ether oxygens (including phenoxy) is 2. The minimum atomic E-state index is -0.126. The molecule has 0 saturated heterocycles. The second-order valence-electron chi connectivity index (χ2n) is 4.86. The fourth-order valence-electron chi connectivity index (χ4n) is 1.80. The first-order chi connectivity index (χ1) is 9.60. The van der Waals surface area contributed by atoms with Crippen LogP contribution in [-0.2, 0) is 14.3 Å². The van der Waals surface area contributed by atoms with E-state index in [2.05, 4.69) is 15.0 Å². The molecule has 0 fully saturated rings. The minimum Gasteiger partial charge on any atom is -0.469 e. The van der Waals surface area contributed by atoms with Gasteiger partial charge in [-0.2, -0.15) is 0 Å². The zero-order valence-electron chi connectivity index (χ0n) is 13.4. The van der Waals surface area contributed by atoms with Crippen molar-refractivity contribution in [3.05, 3.63) is 0 Å². The molecule has 0 aromatic carbocycles. The third kappa shape index (κ3) is 15.6. The summed E-state index contributed by atoms with van der Waals surface area (Å²) in [4.78, 5) is 15.1. The number of nitrogens with zero attached hydrogens (tertiary/aromatic N) is 1. The predicted molar refractivity (Wildman–Crippen MR) is 96.1 cm³/mol. The summed E-state index contributed by atoms with van der Waals surface area (Å²) in [5, 5.41) is 3.06. The predicted octanol–water partition coefficient (Wildman–Crippen LogP) is 2.06. The molecule has 7 heteroatoms. The third-order valence-electron chi connectivity index (χ3n) is 2.86. The zero-order valence-corrected chi connectivity index (χ0v) is 15.7. The molecule has 0 aromatic rings. The van der Waals surface area contributed by atoms with E-state index in [9.17, 15) is 4.79 Å². The Balaban J connectivity index is 0. The Hall–Kier alpha value is -0.570. The lowest BCUT2D eigenvalue weighted by atomic mass is 10.1. The van der Waals surface area contributed by atoms with Crippen LogP contribution in [0.3, 0.4) is 0 Å². The first kappa shape index (κ1) is 22.7. The van der Waals surface area contributed by atoms with E-state index in [0.717, 1.165) is 38.6 Å². The molecule has 1 atom stereocenters. The van der Waals surface area contributed by atoms with Gasteiger partial charge in [0.1, 0.15) is 0 Å². The van der Waals surface area contributed by atoms with Crippen LogP contribution in [0.2, 0.25) is 0 Å². The molecule has 0 bridgehead atoms. The number of guanidine groups is 1. The molecular formula is C14H30IN3O3. The van der Waals surface area contributed by atoms with E-state index in [1.54, 1.807) is 7.11 Å². The number of carbonyl (C=O) groups excluding carboxylic acids is 1. The topological polar surface area (TPSA) is 85.9 Å². The number of hydrogen-bond acceptors (Lipinski definition) is 4. The molecular weight excluding hydrogens is 385 g/mol. The molecule has 126 valence electrons. The summed E-state index contributed by atoms with van der Waals surface area (Å²) in [6.07, 6.45) is 5.69. The highest BCUT2D eigenvalue weighted by Gasteiger charge is 2.01. The van der Waals surface area contributed by atoms with Gasteiger partial charge >= 0.3 is 5.97 Å². The Morgan fingerprint density at radius 1 is 1.19 bits per heavy atom. The van der Waals surface area contributed by atoms with E-state index in [1.807, 2.05) is 6.92 Å². The zero-order chi connectivity index (χ0) is 15.2. The summed E-state index contributed by atoms with van der Waals surface area (Å²) in [6.45, 7) is 3.33. The van der Waals surface area contributed by atoms with Crippen molar-refractivity contribution in [2.75, 3.05) is 27.4 Å². The second kappa shape index (κ2) is 15.8. The van der Waals surface area contributed by atoms with Gasteiger partial charge in [0.15, 0.2) is 5.96 Å². The number of aliphatic imine (C=N–C) groups is 1. The van der Waals surface area contributed by atoms with Gasteiger partial charge in [-0.3, -0.25) is 9.79 Å². The number of esters is 1. The Morgan fingerprint density at radius 2 is 1.81 bits per heavy atom. The Bertz CT molecular complexity index is 289. The Morgan fingerprint density at radius 3 is 2.43 bits per heavy atom. The van der Waals surface area contributed by atoms with E-state index in [-0.39, 0.29) is 36.0 Å². The van der Waals surface area contributed by atoms with Gasteiger partial charge in [0, 0.05) is 26.1 Å². The van der Waals surface area contributed by atoms with Gasteiger partial charge in [0.2, 0.25) is 0 Å². The van der Waals surface area contributed by atoms with Crippen molar-refractivity contribution in [3.8, 4) is 0 Å². The SMILES string of the molecule is COCC(C)NC(N)=NCCCCCCCC(=O)OC.I. The molecule has 0 amide bonds. The van der Waals surface area contributed by atoms with Gasteiger partial charge in [-0.25, -0.2) is 0 Å². The molecule has 0 aromatic heterocycles. The van der Waals surface area contributed by atoms with Crippen LogP contribution in [0.4, 0.5) is 0 Å². The Labute approximate surface area is 145 Å². The first-order valence-electron chi connectivity index (χ1n) is 7.22. The standard InChI is InChI=1S/C14H29N3O3.HI/c1-12(11-19-2)17-14(15)16-10-8-6-4-5-7-9-13(18)20-3;/h12H,4-11H2,1-3H3,(H3,15,16,17);1H. The minimum absolute atomic E-state index is 0. The molecule has 0 saturated carbocycles. The second-order valence-corrected chi connectivity index (χ2v) is 4.86. The maximum absolute atomic E-state index is 10.9. The lowest BCUT2D eigenvalue weighted by molar-refractivity contribution is -0.140.